The van der Waals surface area contributed by atoms with Crippen molar-refractivity contribution in [1.82, 2.24) is 15.3 Å². The Bertz CT molecular complexity index is 336. The highest BCUT2D eigenvalue weighted by Gasteiger charge is 2.20. The second-order valence-electron chi connectivity index (χ2n) is 4.83. The molecule has 1 aliphatic heterocycles. The van der Waals surface area contributed by atoms with Crippen LogP contribution in [0, 0.1) is 5.92 Å². The van der Waals surface area contributed by atoms with E-state index in [1.165, 1.54) is 18.4 Å². The topological polar surface area (TPSA) is 49.8 Å². The molecular weight excluding hydrogens is 212 g/mol. The number of hydrogen-bond acceptors (Lipinski definition) is 4. The number of hydrogen-bond donors (Lipinski definition) is 2. The van der Waals surface area contributed by atoms with Crippen molar-refractivity contribution in [3.8, 4) is 0 Å². The van der Waals surface area contributed by atoms with Gasteiger partial charge in [0.2, 0.25) is 5.95 Å². The lowest BCUT2D eigenvalue weighted by Crippen LogP contribution is -2.44. The van der Waals surface area contributed by atoms with Gasteiger partial charge in [0.05, 0.1) is 0 Å². The first-order valence-electron chi connectivity index (χ1n) is 6.57. The van der Waals surface area contributed by atoms with Crippen molar-refractivity contribution >= 4 is 5.95 Å². The molecule has 0 amide bonds. The van der Waals surface area contributed by atoms with Crippen LogP contribution < -0.4 is 10.6 Å². The zero-order valence-corrected chi connectivity index (χ0v) is 10.7. The molecule has 1 aromatic heterocycles. The molecule has 1 saturated heterocycles. The molecule has 1 aliphatic rings. The number of nitrogens with one attached hydrogen (secondary N) is 2. The number of rotatable bonds is 4. The molecule has 0 spiro atoms. The Labute approximate surface area is 103 Å². The summed E-state index contributed by atoms with van der Waals surface area (Å²) >= 11 is 0. The number of aromatic nitrogens is 2. The van der Waals surface area contributed by atoms with Gasteiger partial charge in [-0.15, -0.1) is 0 Å². The molecule has 1 fully saturated rings. The molecule has 1 aromatic rings. The van der Waals surface area contributed by atoms with Crippen molar-refractivity contribution in [1.29, 1.82) is 0 Å². The van der Waals surface area contributed by atoms with E-state index < -0.39 is 0 Å². The van der Waals surface area contributed by atoms with Gasteiger partial charge in [-0.25, -0.2) is 9.97 Å². The zero-order chi connectivity index (χ0) is 12.1. The maximum Gasteiger partial charge on any atom is 0.222 e. The highest BCUT2D eigenvalue weighted by molar-refractivity contribution is 5.25. The van der Waals surface area contributed by atoms with Gasteiger partial charge in [0, 0.05) is 25.0 Å². The Hall–Kier alpha value is -1.16. The van der Waals surface area contributed by atoms with E-state index in [9.17, 15) is 0 Å². The summed E-state index contributed by atoms with van der Waals surface area (Å²) in [6.07, 6.45) is 7.38. The second-order valence-corrected chi connectivity index (χ2v) is 4.83. The van der Waals surface area contributed by atoms with Crippen molar-refractivity contribution in [2.45, 2.75) is 39.2 Å². The number of piperidine rings is 1. The van der Waals surface area contributed by atoms with E-state index in [0.717, 1.165) is 31.4 Å². The van der Waals surface area contributed by atoms with Gasteiger partial charge < -0.3 is 10.6 Å². The Morgan fingerprint density at radius 1 is 1.41 bits per heavy atom. The molecule has 2 unspecified atom stereocenters. The van der Waals surface area contributed by atoms with Crippen LogP contribution >= 0.6 is 0 Å². The molecule has 0 radical (unpaired) electrons. The molecule has 2 atom stereocenters. The Balaban J connectivity index is 1.84. The summed E-state index contributed by atoms with van der Waals surface area (Å²) in [7, 11) is 0. The van der Waals surface area contributed by atoms with Gasteiger partial charge in [0.25, 0.3) is 0 Å². The molecule has 94 valence electrons. The standard InChI is InChI=1S/C13H22N4/c1-3-11-7-15-13(16-8-11)17-9-12-10(2)5-4-6-14-12/h7-8,10,12,14H,3-6,9H2,1-2H3,(H,15,16,17). The van der Waals surface area contributed by atoms with E-state index >= 15 is 0 Å². The van der Waals surface area contributed by atoms with Gasteiger partial charge in [-0.1, -0.05) is 13.8 Å². The maximum atomic E-state index is 4.31. The van der Waals surface area contributed by atoms with Crippen molar-refractivity contribution < 1.29 is 0 Å². The van der Waals surface area contributed by atoms with Gasteiger partial charge in [-0.3, -0.25) is 0 Å². The lowest BCUT2D eigenvalue weighted by molar-refractivity contribution is 0.310. The minimum Gasteiger partial charge on any atom is -0.353 e. The second kappa shape index (κ2) is 5.96. The van der Waals surface area contributed by atoms with Crippen LogP contribution in [-0.2, 0) is 6.42 Å². The summed E-state index contributed by atoms with van der Waals surface area (Å²) in [6.45, 7) is 6.46. The molecule has 4 nitrogen and oxygen atoms in total. The van der Waals surface area contributed by atoms with E-state index in [0.29, 0.717) is 6.04 Å². The van der Waals surface area contributed by atoms with E-state index in [1.807, 2.05) is 12.4 Å². The first-order valence-corrected chi connectivity index (χ1v) is 6.57. The molecule has 17 heavy (non-hydrogen) atoms. The first kappa shape index (κ1) is 12.3. The van der Waals surface area contributed by atoms with Gasteiger partial charge in [-0.05, 0) is 37.3 Å². The summed E-state index contributed by atoms with van der Waals surface area (Å²) in [6, 6.07) is 0.540. The van der Waals surface area contributed by atoms with Crippen molar-refractivity contribution in [2.75, 3.05) is 18.4 Å². The fraction of sp³-hybridized carbons (Fsp3) is 0.692. The van der Waals surface area contributed by atoms with Crippen LogP contribution in [0.3, 0.4) is 0 Å². The molecule has 0 aromatic carbocycles. The summed E-state index contributed by atoms with van der Waals surface area (Å²) < 4.78 is 0. The van der Waals surface area contributed by atoms with Gasteiger partial charge in [0.1, 0.15) is 0 Å². The Kier molecular flexibility index (Phi) is 4.31. The fourth-order valence-corrected chi connectivity index (χ4v) is 2.22. The minimum atomic E-state index is 0.540. The van der Waals surface area contributed by atoms with Crippen LogP contribution in [0.2, 0.25) is 0 Å². The number of nitrogens with zero attached hydrogens (tertiary/aromatic N) is 2. The third-order valence-electron chi connectivity index (χ3n) is 3.52. The first-order chi connectivity index (χ1) is 8.29. The normalized spacial score (nSPS) is 24.6. The summed E-state index contributed by atoms with van der Waals surface area (Å²) in [5.41, 5.74) is 1.18. The van der Waals surface area contributed by atoms with Gasteiger partial charge in [-0.2, -0.15) is 0 Å². The van der Waals surface area contributed by atoms with Crippen LogP contribution in [-0.4, -0.2) is 29.1 Å². The minimum absolute atomic E-state index is 0.540. The lowest BCUT2D eigenvalue weighted by atomic mass is 9.93. The number of anilines is 1. The molecule has 2 rings (SSSR count). The van der Waals surface area contributed by atoms with Crippen LogP contribution in [0.1, 0.15) is 32.3 Å². The van der Waals surface area contributed by atoms with Crippen molar-refractivity contribution in [3.63, 3.8) is 0 Å². The maximum absolute atomic E-state index is 4.31. The van der Waals surface area contributed by atoms with E-state index in [2.05, 4.69) is 34.4 Å². The van der Waals surface area contributed by atoms with Crippen LogP contribution in [0.15, 0.2) is 12.4 Å². The summed E-state index contributed by atoms with van der Waals surface area (Å²) in [5.74, 6) is 1.47. The Morgan fingerprint density at radius 3 is 2.82 bits per heavy atom. The monoisotopic (exact) mass is 234 g/mol. The fourth-order valence-electron chi connectivity index (χ4n) is 2.22. The SMILES string of the molecule is CCc1cnc(NCC2NCCCC2C)nc1. The van der Waals surface area contributed by atoms with E-state index in [1.54, 1.807) is 0 Å². The third kappa shape index (κ3) is 3.40. The van der Waals surface area contributed by atoms with E-state index in [-0.39, 0.29) is 0 Å². The largest absolute Gasteiger partial charge is 0.353 e. The molecule has 0 bridgehead atoms. The summed E-state index contributed by atoms with van der Waals surface area (Å²) in [5, 5.41) is 6.85. The Morgan fingerprint density at radius 2 is 2.18 bits per heavy atom. The van der Waals surface area contributed by atoms with Gasteiger partial charge in [0.15, 0.2) is 0 Å². The average molecular weight is 234 g/mol. The molecule has 4 heteroatoms. The van der Waals surface area contributed by atoms with Crippen molar-refractivity contribution in [2.24, 2.45) is 5.92 Å². The highest BCUT2D eigenvalue weighted by Crippen LogP contribution is 2.15. The molecule has 0 saturated carbocycles. The van der Waals surface area contributed by atoms with Crippen LogP contribution in [0.5, 0.6) is 0 Å². The number of aryl methyl sites for hydroxylation is 1. The third-order valence-corrected chi connectivity index (χ3v) is 3.52. The lowest BCUT2D eigenvalue weighted by Gasteiger charge is -2.30. The van der Waals surface area contributed by atoms with Crippen LogP contribution in [0.25, 0.3) is 0 Å². The molecule has 0 aliphatic carbocycles. The van der Waals surface area contributed by atoms with E-state index in [4.69, 9.17) is 0 Å². The zero-order valence-electron chi connectivity index (χ0n) is 10.7. The predicted octanol–water partition coefficient (Wildman–Crippen LogP) is 1.84. The smallest absolute Gasteiger partial charge is 0.222 e. The predicted molar refractivity (Wildman–Crippen MR) is 70.1 cm³/mol. The average Bonchev–Trinajstić information content (AvgIpc) is 2.38. The van der Waals surface area contributed by atoms with Gasteiger partial charge >= 0.3 is 0 Å². The molecule has 2 N–H and O–H groups in total. The quantitative estimate of drug-likeness (QED) is 0.834. The van der Waals surface area contributed by atoms with Crippen molar-refractivity contribution in [3.05, 3.63) is 18.0 Å². The molecular formula is C13H22N4. The van der Waals surface area contributed by atoms with Crippen LogP contribution in [0.4, 0.5) is 5.95 Å². The molecule has 2 heterocycles. The summed E-state index contributed by atoms with van der Waals surface area (Å²) in [4.78, 5) is 8.62. The highest BCUT2D eigenvalue weighted by atomic mass is 15.1.